The average molecular weight is 559 g/mol. The van der Waals surface area contributed by atoms with Crippen LogP contribution in [0.15, 0.2) is 12.7 Å². The van der Waals surface area contributed by atoms with Gasteiger partial charge in [0.1, 0.15) is 5.60 Å². The summed E-state index contributed by atoms with van der Waals surface area (Å²) in [5, 5.41) is 35.7. The fourth-order valence-electron chi connectivity index (χ4n) is 8.00. The summed E-state index contributed by atoms with van der Waals surface area (Å²) in [6.07, 6.45) is -1.21. The molecule has 3 N–H and O–H groups in total. The predicted octanol–water partition coefficient (Wildman–Crippen LogP) is 1.56. The molecule has 218 valence electrons. The minimum Gasteiger partial charge on any atom is -0.456 e. The number of aliphatic hydroxyl groups is 3. The first-order valence-corrected chi connectivity index (χ1v) is 13.6. The van der Waals surface area contributed by atoms with Crippen molar-refractivity contribution in [2.75, 3.05) is 39.8 Å². The summed E-state index contributed by atoms with van der Waals surface area (Å²) in [4.78, 5) is 31.6. The Bertz CT molecular complexity index is 940. The van der Waals surface area contributed by atoms with Crippen LogP contribution >= 0.6 is 12.4 Å². The number of fused-ring (bicyclic) bond motifs is 3. The molecule has 0 spiro atoms. The minimum absolute atomic E-state index is 0. The Balaban J connectivity index is 0.00000400. The summed E-state index contributed by atoms with van der Waals surface area (Å²) in [6, 6.07) is 0. The number of piperazine rings is 1. The smallest absolute Gasteiger partial charge is 0.307 e. The normalized spacial score (nSPS) is 45.3. The van der Waals surface area contributed by atoms with Crippen LogP contribution in [0, 0.1) is 16.7 Å². The third-order valence-corrected chi connectivity index (χ3v) is 10.2. The molecule has 2 aliphatic heterocycles. The number of aliphatic hydroxyl groups excluding tert-OH is 2. The van der Waals surface area contributed by atoms with Crippen molar-refractivity contribution in [1.82, 2.24) is 9.80 Å². The Morgan fingerprint density at radius 3 is 2.34 bits per heavy atom. The highest BCUT2D eigenvalue weighted by atomic mass is 35.5. The van der Waals surface area contributed by atoms with Crippen molar-refractivity contribution in [3.63, 3.8) is 0 Å². The highest BCUT2D eigenvalue weighted by Crippen LogP contribution is 2.67. The van der Waals surface area contributed by atoms with Crippen molar-refractivity contribution >= 4 is 24.2 Å². The standard InChI is InChI=1S/C28H46N2O7.ClH/c1-8-25(4)17-19(32)28(35)26(5)18(31)9-11-24(2,3)22(26)21(34)23(27(28,6)37-25)36-20(33)10-12-30-15-13-29(7)14-16-30;/h8,18,21-23,31,34-35H,1,9-17H2,2-7H3;1H/t18-,21?,22?,23?,25-,26?,27+,28-;/m0./s1. The molecule has 8 atom stereocenters. The Morgan fingerprint density at radius 1 is 1.16 bits per heavy atom. The molecule has 38 heavy (non-hydrogen) atoms. The first-order valence-electron chi connectivity index (χ1n) is 13.6. The van der Waals surface area contributed by atoms with E-state index in [9.17, 15) is 24.9 Å². The zero-order chi connectivity index (χ0) is 27.6. The maximum atomic E-state index is 13.9. The van der Waals surface area contributed by atoms with Gasteiger partial charge in [-0.25, -0.2) is 0 Å². The lowest BCUT2D eigenvalue weighted by Crippen LogP contribution is -2.86. The van der Waals surface area contributed by atoms with E-state index in [0.717, 1.165) is 26.2 Å². The lowest BCUT2D eigenvalue weighted by molar-refractivity contribution is -0.370. The number of hydrogen-bond acceptors (Lipinski definition) is 9. The molecule has 4 rings (SSSR count). The number of carbonyl (C=O) groups is 2. The molecule has 2 heterocycles. The summed E-state index contributed by atoms with van der Waals surface area (Å²) >= 11 is 0. The topological polar surface area (TPSA) is 120 Å². The molecule has 2 saturated heterocycles. The first-order chi connectivity index (χ1) is 17.1. The molecular formula is C28H47ClN2O7. The number of ketones is 1. The summed E-state index contributed by atoms with van der Waals surface area (Å²) < 4.78 is 12.4. The maximum Gasteiger partial charge on any atom is 0.307 e. The second-order valence-electron chi connectivity index (χ2n) is 13.1. The van der Waals surface area contributed by atoms with Crippen LogP contribution in [0.1, 0.15) is 60.3 Å². The number of nitrogens with zero attached hydrogens (tertiary/aromatic N) is 2. The highest BCUT2D eigenvalue weighted by molar-refractivity contribution is 5.92. The van der Waals surface area contributed by atoms with Crippen LogP contribution < -0.4 is 0 Å². The first kappa shape index (κ1) is 31.5. The molecule has 9 nitrogen and oxygen atoms in total. The van der Waals surface area contributed by atoms with Crippen LogP contribution in [0.2, 0.25) is 0 Å². The average Bonchev–Trinajstić information content (AvgIpc) is 2.82. The molecule has 0 radical (unpaired) electrons. The Kier molecular flexibility index (Phi) is 8.61. The van der Waals surface area contributed by atoms with Gasteiger partial charge in [0.15, 0.2) is 17.5 Å². The molecule has 4 aliphatic rings. The van der Waals surface area contributed by atoms with E-state index in [1.54, 1.807) is 13.8 Å². The minimum atomic E-state index is -2.20. The monoisotopic (exact) mass is 558 g/mol. The van der Waals surface area contributed by atoms with Gasteiger partial charge in [-0.2, -0.15) is 0 Å². The Hall–Kier alpha value is -1.07. The molecule has 0 amide bonds. The fraction of sp³-hybridized carbons (Fsp3) is 0.857. The van der Waals surface area contributed by atoms with Gasteiger partial charge in [0.05, 0.1) is 24.2 Å². The largest absolute Gasteiger partial charge is 0.456 e. The number of likely N-dealkylation sites (N-methyl/N-ethyl adjacent to an activating group) is 1. The zero-order valence-corrected chi connectivity index (χ0v) is 24.6. The van der Waals surface area contributed by atoms with Crippen LogP contribution in [0.5, 0.6) is 0 Å². The Labute approximate surface area is 232 Å². The Morgan fingerprint density at radius 2 is 1.76 bits per heavy atom. The zero-order valence-electron chi connectivity index (χ0n) is 23.7. The van der Waals surface area contributed by atoms with E-state index in [2.05, 4.69) is 23.4 Å². The molecule has 0 bridgehead atoms. The van der Waals surface area contributed by atoms with Gasteiger partial charge in [-0.3, -0.25) is 9.59 Å². The fourth-order valence-corrected chi connectivity index (χ4v) is 8.00. The third-order valence-electron chi connectivity index (χ3n) is 10.2. The second kappa shape index (κ2) is 10.4. The molecule has 0 aromatic carbocycles. The van der Waals surface area contributed by atoms with Gasteiger partial charge < -0.3 is 34.6 Å². The van der Waals surface area contributed by atoms with Crippen molar-refractivity contribution in [2.24, 2.45) is 16.7 Å². The van der Waals surface area contributed by atoms with Gasteiger partial charge in [0.2, 0.25) is 0 Å². The number of hydrogen-bond donors (Lipinski definition) is 3. The molecule has 0 aromatic heterocycles. The number of carbonyl (C=O) groups excluding carboxylic acids is 2. The molecule has 0 aromatic rings. The van der Waals surface area contributed by atoms with Gasteiger partial charge in [-0.1, -0.05) is 26.8 Å². The molecule has 4 fully saturated rings. The highest BCUT2D eigenvalue weighted by Gasteiger charge is 2.81. The molecular weight excluding hydrogens is 512 g/mol. The quantitative estimate of drug-likeness (QED) is 0.341. The second-order valence-corrected chi connectivity index (χ2v) is 13.1. The van der Waals surface area contributed by atoms with Crippen LogP contribution in [-0.2, 0) is 19.1 Å². The number of esters is 1. The van der Waals surface area contributed by atoms with Crippen molar-refractivity contribution in [3.8, 4) is 0 Å². The van der Waals surface area contributed by atoms with Gasteiger partial charge in [-0.15, -0.1) is 19.0 Å². The number of Topliss-reactive ketones (excluding diaryl/α,β-unsaturated/α-hetero) is 1. The predicted molar refractivity (Wildman–Crippen MR) is 145 cm³/mol. The number of rotatable bonds is 5. The van der Waals surface area contributed by atoms with E-state index in [4.69, 9.17) is 9.47 Å². The van der Waals surface area contributed by atoms with Crippen molar-refractivity contribution < 1.29 is 34.4 Å². The SMILES string of the molecule is C=C[C@@]1(C)CC(=O)[C@]2(O)C3(C)C(C(O)C(OC(=O)CCN4CCN(C)CC4)[C@@]2(C)O1)C(C)(C)CC[C@@H]3O.Cl. The van der Waals surface area contributed by atoms with Crippen molar-refractivity contribution in [1.29, 1.82) is 0 Å². The summed E-state index contributed by atoms with van der Waals surface area (Å²) in [6.45, 7) is 16.7. The van der Waals surface area contributed by atoms with E-state index in [1.807, 2.05) is 13.8 Å². The van der Waals surface area contributed by atoms with Crippen LogP contribution in [0.25, 0.3) is 0 Å². The van der Waals surface area contributed by atoms with E-state index < -0.39 is 63.6 Å². The summed E-state index contributed by atoms with van der Waals surface area (Å²) in [7, 11) is 2.07. The van der Waals surface area contributed by atoms with E-state index in [0.29, 0.717) is 19.4 Å². The van der Waals surface area contributed by atoms with Crippen LogP contribution in [0.3, 0.4) is 0 Å². The molecule has 2 saturated carbocycles. The van der Waals surface area contributed by atoms with Gasteiger partial charge in [-0.05, 0) is 39.2 Å². The lowest BCUT2D eigenvalue weighted by atomic mass is 9.40. The van der Waals surface area contributed by atoms with E-state index >= 15 is 0 Å². The summed E-state index contributed by atoms with van der Waals surface area (Å²) in [5.74, 6) is -1.75. The van der Waals surface area contributed by atoms with Crippen molar-refractivity contribution in [2.45, 2.75) is 95.4 Å². The molecule has 10 heteroatoms. The number of halogens is 1. The van der Waals surface area contributed by atoms with Crippen molar-refractivity contribution in [3.05, 3.63) is 12.7 Å². The van der Waals surface area contributed by atoms with Gasteiger partial charge in [0, 0.05) is 50.5 Å². The van der Waals surface area contributed by atoms with E-state index in [-0.39, 0.29) is 25.2 Å². The third kappa shape index (κ3) is 4.56. The molecule has 2 aliphatic carbocycles. The lowest BCUT2D eigenvalue weighted by Gasteiger charge is -2.71. The van der Waals surface area contributed by atoms with Gasteiger partial charge in [0.25, 0.3) is 0 Å². The maximum absolute atomic E-state index is 13.9. The van der Waals surface area contributed by atoms with E-state index in [1.165, 1.54) is 13.0 Å². The van der Waals surface area contributed by atoms with Gasteiger partial charge >= 0.3 is 5.97 Å². The van der Waals surface area contributed by atoms with Crippen LogP contribution in [0.4, 0.5) is 0 Å². The summed E-state index contributed by atoms with van der Waals surface area (Å²) in [5.41, 5.74) is -7.12. The molecule has 4 unspecified atom stereocenters. The number of ether oxygens (including phenoxy) is 2. The van der Waals surface area contributed by atoms with Crippen LogP contribution in [-0.4, -0.2) is 112 Å².